The van der Waals surface area contributed by atoms with Crippen LogP contribution < -0.4 is 15.2 Å². The standard InChI is InChI=1S/C24H34ClN3O10S/c1-23(2,3)24(4,5)21(36-20(30)17-16(34-6)11-9-14(25)18(17)35-7)37-39(32,33)38-28-13-8-10-15(19(26)29)27(12-13)22(28)31/h9,11,13,15,21H,8,10,12H2,1-7H3,(H2,26,29)/t13-,15+,21?/m1/s1. The van der Waals surface area contributed by atoms with Crippen molar-refractivity contribution in [3.05, 3.63) is 22.7 Å². The number of piperidine rings is 1. The average Bonchev–Trinajstić information content (AvgIpc) is 3.06. The van der Waals surface area contributed by atoms with E-state index in [-0.39, 0.29) is 41.5 Å². The van der Waals surface area contributed by atoms with Crippen LogP contribution in [-0.2, 0) is 28.4 Å². The Labute approximate surface area is 232 Å². The van der Waals surface area contributed by atoms with E-state index >= 15 is 0 Å². The first-order valence-electron chi connectivity index (χ1n) is 12.1. The lowest BCUT2D eigenvalue weighted by molar-refractivity contribution is -0.158. The molecule has 218 valence electrons. The van der Waals surface area contributed by atoms with Crippen LogP contribution in [0.1, 0.15) is 57.8 Å². The molecule has 2 heterocycles. The molecule has 2 bridgehead atoms. The van der Waals surface area contributed by atoms with E-state index in [9.17, 15) is 22.8 Å². The molecular weight excluding hydrogens is 558 g/mol. The molecule has 0 saturated carbocycles. The highest BCUT2D eigenvalue weighted by Crippen LogP contribution is 2.45. The summed E-state index contributed by atoms with van der Waals surface area (Å²) in [7, 11) is -2.36. The molecule has 3 amide bonds. The zero-order valence-corrected chi connectivity index (χ0v) is 24.4. The van der Waals surface area contributed by atoms with E-state index in [0.717, 1.165) is 4.90 Å². The molecule has 15 heteroatoms. The number of hydroxylamine groups is 2. The molecule has 0 aromatic heterocycles. The number of benzene rings is 1. The molecule has 0 radical (unpaired) electrons. The van der Waals surface area contributed by atoms with E-state index in [2.05, 4.69) is 0 Å². The van der Waals surface area contributed by atoms with Crippen LogP contribution >= 0.6 is 11.6 Å². The van der Waals surface area contributed by atoms with E-state index < -0.39 is 57.5 Å². The maximum Gasteiger partial charge on any atom is 0.424 e. The van der Waals surface area contributed by atoms with Gasteiger partial charge < -0.3 is 24.8 Å². The van der Waals surface area contributed by atoms with Crippen LogP contribution in [0.4, 0.5) is 4.79 Å². The fraction of sp³-hybridized carbons (Fsp3) is 0.625. The number of esters is 1. The lowest BCUT2D eigenvalue weighted by Crippen LogP contribution is -2.48. The molecule has 2 saturated heterocycles. The van der Waals surface area contributed by atoms with Gasteiger partial charge in [-0.05, 0) is 30.4 Å². The van der Waals surface area contributed by atoms with Crippen LogP contribution in [0, 0.1) is 10.8 Å². The predicted octanol–water partition coefficient (Wildman–Crippen LogP) is 2.86. The van der Waals surface area contributed by atoms with Gasteiger partial charge in [-0.1, -0.05) is 46.2 Å². The van der Waals surface area contributed by atoms with Crippen LogP contribution in [0.15, 0.2) is 12.1 Å². The van der Waals surface area contributed by atoms with Crippen LogP contribution in [0.25, 0.3) is 0 Å². The Morgan fingerprint density at radius 2 is 1.74 bits per heavy atom. The lowest BCUT2D eigenvalue weighted by atomic mass is 9.69. The van der Waals surface area contributed by atoms with Crippen LogP contribution in [0.3, 0.4) is 0 Å². The fourth-order valence-corrected chi connectivity index (χ4v) is 5.29. The smallest absolute Gasteiger partial charge is 0.424 e. The van der Waals surface area contributed by atoms with Gasteiger partial charge in [-0.25, -0.2) is 13.8 Å². The molecule has 2 N–H and O–H groups in total. The molecule has 1 unspecified atom stereocenters. The number of hydrogen-bond acceptors (Lipinski definition) is 10. The number of primary amides is 1. The number of carbonyl (C=O) groups excluding carboxylic acids is 3. The normalized spacial score (nSPS) is 20.6. The zero-order valence-electron chi connectivity index (χ0n) is 22.8. The molecule has 13 nitrogen and oxygen atoms in total. The Hall–Kier alpha value is -2.81. The van der Waals surface area contributed by atoms with Gasteiger partial charge in [-0.15, -0.1) is 4.28 Å². The van der Waals surface area contributed by atoms with E-state index in [1.807, 2.05) is 0 Å². The van der Waals surface area contributed by atoms with Gasteiger partial charge in [0.1, 0.15) is 17.4 Å². The van der Waals surface area contributed by atoms with Crippen molar-refractivity contribution in [2.24, 2.45) is 16.6 Å². The molecule has 0 spiro atoms. The molecule has 1 aromatic rings. The van der Waals surface area contributed by atoms with E-state index in [1.165, 1.54) is 26.4 Å². The topological polar surface area (TPSA) is 164 Å². The lowest BCUT2D eigenvalue weighted by Gasteiger charge is -2.42. The summed E-state index contributed by atoms with van der Waals surface area (Å²) in [5, 5.41) is 0.737. The first kappa shape index (κ1) is 30.7. The van der Waals surface area contributed by atoms with Crippen LogP contribution in [0.5, 0.6) is 11.5 Å². The third-order valence-corrected chi connectivity index (χ3v) is 8.52. The monoisotopic (exact) mass is 591 g/mol. The van der Waals surface area contributed by atoms with Crippen molar-refractivity contribution in [1.82, 2.24) is 9.96 Å². The zero-order chi connectivity index (χ0) is 29.5. The SMILES string of the molecule is COc1ccc(Cl)c(OC)c1C(=O)OC(OS(=O)(=O)ON1C(=O)N2C[C@H]1CC[C@H]2C(N)=O)C(C)(C)C(C)(C)C. The number of nitrogens with two attached hydrogens (primary N) is 1. The maximum absolute atomic E-state index is 13.4. The Balaban J connectivity index is 1.92. The van der Waals surface area contributed by atoms with Crippen molar-refractivity contribution in [2.75, 3.05) is 20.8 Å². The second kappa shape index (κ2) is 11.0. The summed E-state index contributed by atoms with van der Waals surface area (Å²) in [6, 6.07) is 0.525. The second-order valence-corrected chi connectivity index (χ2v) is 12.4. The number of ether oxygens (including phenoxy) is 3. The molecule has 1 aromatic carbocycles. The molecule has 2 fully saturated rings. The van der Waals surface area contributed by atoms with Crippen molar-refractivity contribution in [1.29, 1.82) is 0 Å². The van der Waals surface area contributed by atoms with E-state index in [4.69, 9.17) is 40.0 Å². The third-order valence-electron chi connectivity index (χ3n) is 7.46. The van der Waals surface area contributed by atoms with Crippen molar-refractivity contribution < 1.29 is 45.5 Å². The van der Waals surface area contributed by atoms with Gasteiger partial charge in [0.05, 0.1) is 25.3 Å². The minimum atomic E-state index is -4.99. The Morgan fingerprint density at radius 3 is 2.28 bits per heavy atom. The number of urea groups is 1. The first-order chi connectivity index (χ1) is 17.9. The average molecular weight is 592 g/mol. The Kier molecular flexibility index (Phi) is 8.66. The summed E-state index contributed by atoms with van der Waals surface area (Å²) in [4.78, 5) is 39.1. The van der Waals surface area contributed by atoms with Gasteiger partial charge in [0.2, 0.25) is 12.2 Å². The summed E-state index contributed by atoms with van der Waals surface area (Å²) in [5.74, 6) is -1.71. The quantitative estimate of drug-likeness (QED) is 0.316. The van der Waals surface area contributed by atoms with Crippen molar-refractivity contribution in [3.63, 3.8) is 0 Å². The number of methoxy groups -OCH3 is 2. The highest BCUT2D eigenvalue weighted by Gasteiger charge is 2.51. The van der Waals surface area contributed by atoms with Gasteiger partial charge in [0, 0.05) is 12.0 Å². The van der Waals surface area contributed by atoms with Crippen LogP contribution in [0.2, 0.25) is 5.02 Å². The van der Waals surface area contributed by atoms with Gasteiger partial charge in [0.15, 0.2) is 5.75 Å². The van der Waals surface area contributed by atoms with Crippen molar-refractivity contribution in [2.45, 2.75) is 65.8 Å². The third kappa shape index (κ3) is 6.03. The van der Waals surface area contributed by atoms with Gasteiger partial charge in [-0.2, -0.15) is 13.5 Å². The molecular formula is C24H34ClN3O10S. The molecule has 0 aliphatic carbocycles. The van der Waals surface area contributed by atoms with Gasteiger partial charge in [-0.3, -0.25) is 4.79 Å². The number of halogens is 1. The van der Waals surface area contributed by atoms with E-state index in [0.29, 0.717) is 5.06 Å². The number of hydrogen-bond donors (Lipinski definition) is 1. The second-order valence-electron chi connectivity index (χ2n) is 10.9. The highest BCUT2D eigenvalue weighted by molar-refractivity contribution is 7.81. The van der Waals surface area contributed by atoms with Crippen molar-refractivity contribution in [3.8, 4) is 11.5 Å². The van der Waals surface area contributed by atoms with Crippen molar-refractivity contribution >= 4 is 39.9 Å². The van der Waals surface area contributed by atoms with E-state index in [1.54, 1.807) is 34.6 Å². The predicted molar refractivity (Wildman–Crippen MR) is 138 cm³/mol. The Bertz CT molecular complexity index is 1250. The molecule has 2 aliphatic rings. The highest BCUT2D eigenvalue weighted by atomic mass is 35.5. The maximum atomic E-state index is 13.4. The number of fused-ring (bicyclic) bond motifs is 2. The minimum absolute atomic E-state index is 0.0413. The molecule has 39 heavy (non-hydrogen) atoms. The minimum Gasteiger partial charge on any atom is -0.496 e. The largest absolute Gasteiger partial charge is 0.496 e. The Morgan fingerprint density at radius 1 is 1.10 bits per heavy atom. The summed E-state index contributed by atoms with van der Waals surface area (Å²) in [6.07, 6.45) is -1.20. The summed E-state index contributed by atoms with van der Waals surface area (Å²) < 4.78 is 52.8. The summed E-state index contributed by atoms with van der Waals surface area (Å²) in [5.41, 5.74) is 3.39. The summed E-state index contributed by atoms with van der Waals surface area (Å²) in [6.45, 7) is 8.75. The van der Waals surface area contributed by atoms with Gasteiger partial charge in [0.25, 0.3) is 0 Å². The van der Waals surface area contributed by atoms with Crippen LogP contribution in [-0.4, -0.2) is 75.4 Å². The molecule has 2 aliphatic heterocycles. The number of amides is 3. The molecule has 3 atom stereocenters. The first-order valence-corrected chi connectivity index (χ1v) is 13.8. The number of carbonyl (C=O) groups is 3. The fourth-order valence-electron chi connectivity index (χ4n) is 4.15. The number of nitrogens with zero attached hydrogens (tertiary/aromatic N) is 2. The van der Waals surface area contributed by atoms with Gasteiger partial charge >= 0.3 is 22.4 Å². The summed E-state index contributed by atoms with van der Waals surface area (Å²) >= 11 is 6.19. The number of rotatable bonds is 10. The molecule has 3 rings (SSSR count).